The number of aromatic nitrogens is 2. The molecule has 2 aliphatic rings. The molecule has 19 heavy (non-hydrogen) atoms. The van der Waals surface area contributed by atoms with Crippen LogP contribution in [-0.4, -0.2) is 45.0 Å². The average Bonchev–Trinajstić information content (AvgIpc) is 2.92. The summed E-state index contributed by atoms with van der Waals surface area (Å²) in [5, 5.41) is 16.2. The molecule has 4 nitrogen and oxygen atoms in total. The van der Waals surface area contributed by atoms with Gasteiger partial charge in [0, 0.05) is 32.5 Å². The summed E-state index contributed by atoms with van der Waals surface area (Å²) in [6.07, 6.45) is 3.42. The zero-order valence-electron chi connectivity index (χ0n) is 11.7. The van der Waals surface area contributed by atoms with E-state index in [0.717, 1.165) is 55.3 Å². The molecule has 0 aromatic carbocycles. The van der Waals surface area contributed by atoms with Crippen molar-refractivity contribution in [3.05, 3.63) is 16.4 Å². The van der Waals surface area contributed by atoms with Crippen LogP contribution in [0.2, 0.25) is 5.02 Å². The van der Waals surface area contributed by atoms with Gasteiger partial charge in [0.1, 0.15) is 0 Å². The molecule has 1 aromatic rings. The van der Waals surface area contributed by atoms with E-state index in [-0.39, 0.29) is 0 Å². The molecule has 5 heteroatoms. The molecule has 0 spiro atoms. The van der Waals surface area contributed by atoms with Crippen LogP contribution in [0.4, 0.5) is 0 Å². The Hall–Kier alpha value is -0.580. The maximum Gasteiger partial charge on any atom is 0.0850 e. The molecule has 106 valence electrons. The van der Waals surface area contributed by atoms with Gasteiger partial charge >= 0.3 is 0 Å². The van der Waals surface area contributed by atoms with E-state index in [4.69, 9.17) is 11.6 Å². The van der Waals surface area contributed by atoms with Crippen molar-refractivity contribution in [2.24, 2.45) is 13.0 Å². The second-order valence-corrected chi connectivity index (χ2v) is 6.38. The highest BCUT2D eigenvalue weighted by atomic mass is 35.5. The van der Waals surface area contributed by atoms with Crippen molar-refractivity contribution in [3.63, 3.8) is 0 Å². The number of piperidine rings is 1. The third-order valence-electron chi connectivity index (χ3n) is 4.87. The highest BCUT2D eigenvalue weighted by molar-refractivity contribution is 6.31. The van der Waals surface area contributed by atoms with Gasteiger partial charge in [-0.1, -0.05) is 18.5 Å². The third kappa shape index (κ3) is 2.20. The molecule has 1 N–H and O–H groups in total. The van der Waals surface area contributed by atoms with Crippen molar-refractivity contribution in [1.29, 1.82) is 0 Å². The molecule has 0 amide bonds. The molecule has 3 rings (SSSR count). The summed E-state index contributed by atoms with van der Waals surface area (Å²) in [4.78, 5) is 2.45. The summed E-state index contributed by atoms with van der Waals surface area (Å²) in [6, 6.07) is 0. The van der Waals surface area contributed by atoms with Gasteiger partial charge in [0.15, 0.2) is 0 Å². The number of hydrogen-bond donors (Lipinski definition) is 1. The Morgan fingerprint density at radius 3 is 2.95 bits per heavy atom. The maximum atomic E-state index is 11.0. The minimum Gasteiger partial charge on any atom is -0.389 e. The first-order chi connectivity index (χ1) is 9.03. The Morgan fingerprint density at radius 1 is 1.47 bits per heavy atom. The Kier molecular flexibility index (Phi) is 3.36. The van der Waals surface area contributed by atoms with Crippen molar-refractivity contribution in [1.82, 2.24) is 14.7 Å². The van der Waals surface area contributed by atoms with Crippen molar-refractivity contribution in [3.8, 4) is 0 Å². The molecular weight excluding hydrogens is 262 g/mol. The lowest BCUT2D eigenvalue weighted by Crippen LogP contribution is -2.48. The molecule has 3 atom stereocenters. The minimum absolute atomic E-state index is 0.386. The first kappa shape index (κ1) is 13.4. The van der Waals surface area contributed by atoms with Crippen LogP contribution in [0.25, 0.3) is 0 Å². The summed E-state index contributed by atoms with van der Waals surface area (Å²) in [5.74, 6) is 0.386. The van der Waals surface area contributed by atoms with E-state index >= 15 is 0 Å². The second-order valence-electron chi connectivity index (χ2n) is 6.00. The number of rotatable bonds is 3. The van der Waals surface area contributed by atoms with Crippen molar-refractivity contribution in [2.45, 2.75) is 38.2 Å². The number of halogens is 1. The van der Waals surface area contributed by atoms with Crippen LogP contribution >= 0.6 is 11.6 Å². The lowest BCUT2D eigenvalue weighted by Gasteiger charge is -2.38. The Bertz CT molecular complexity index is 487. The Labute approximate surface area is 119 Å². The molecule has 2 saturated heterocycles. The number of hydrogen-bond acceptors (Lipinski definition) is 3. The smallest absolute Gasteiger partial charge is 0.0850 e. The lowest BCUT2D eigenvalue weighted by molar-refractivity contribution is -0.0451. The molecule has 0 saturated carbocycles. The molecule has 2 bridgehead atoms. The van der Waals surface area contributed by atoms with Crippen molar-refractivity contribution in [2.75, 3.05) is 19.6 Å². The van der Waals surface area contributed by atoms with E-state index in [1.807, 2.05) is 11.7 Å². The van der Waals surface area contributed by atoms with Gasteiger partial charge in [0.25, 0.3) is 0 Å². The molecular formula is C14H22ClN3O. The van der Waals surface area contributed by atoms with E-state index in [1.54, 1.807) is 0 Å². The first-order valence-electron chi connectivity index (χ1n) is 7.18. The highest BCUT2D eigenvalue weighted by Crippen LogP contribution is 2.39. The Balaban J connectivity index is 1.86. The fraction of sp³-hybridized carbons (Fsp3) is 0.786. The van der Waals surface area contributed by atoms with E-state index < -0.39 is 5.60 Å². The maximum absolute atomic E-state index is 11.0. The van der Waals surface area contributed by atoms with Gasteiger partial charge < -0.3 is 10.0 Å². The molecule has 3 heterocycles. The molecule has 1 aromatic heterocycles. The van der Waals surface area contributed by atoms with Crippen molar-refractivity contribution >= 4 is 11.6 Å². The summed E-state index contributed by atoms with van der Waals surface area (Å²) in [7, 11) is 1.92. The quantitative estimate of drug-likeness (QED) is 0.917. The Morgan fingerprint density at radius 2 is 2.26 bits per heavy atom. The molecule has 3 unspecified atom stereocenters. The fourth-order valence-corrected chi connectivity index (χ4v) is 3.93. The molecule has 0 radical (unpaired) electrons. The van der Waals surface area contributed by atoms with Crippen LogP contribution in [-0.2, 0) is 19.9 Å². The minimum atomic E-state index is -0.602. The van der Waals surface area contributed by atoms with Crippen LogP contribution in [0.1, 0.15) is 31.2 Å². The van der Waals surface area contributed by atoms with Crippen LogP contribution in [0.5, 0.6) is 0 Å². The van der Waals surface area contributed by atoms with Gasteiger partial charge in [-0.2, -0.15) is 5.10 Å². The molecule has 2 aliphatic heterocycles. The largest absolute Gasteiger partial charge is 0.389 e. The second kappa shape index (κ2) is 4.76. The third-order valence-corrected chi connectivity index (χ3v) is 5.31. The molecule has 2 fully saturated rings. The van der Waals surface area contributed by atoms with E-state index in [9.17, 15) is 5.11 Å². The number of aliphatic hydroxyl groups is 1. The van der Waals surface area contributed by atoms with Crippen LogP contribution < -0.4 is 0 Å². The first-order valence-corrected chi connectivity index (χ1v) is 7.56. The number of aryl methyl sites for hydroxylation is 2. The average molecular weight is 284 g/mol. The fourth-order valence-electron chi connectivity index (χ4n) is 3.56. The van der Waals surface area contributed by atoms with Gasteiger partial charge in [0.2, 0.25) is 0 Å². The van der Waals surface area contributed by atoms with E-state index in [1.165, 1.54) is 0 Å². The van der Waals surface area contributed by atoms with Gasteiger partial charge in [-0.05, 0) is 25.8 Å². The summed E-state index contributed by atoms with van der Waals surface area (Å²) in [6.45, 7) is 5.23. The zero-order valence-corrected chi connectivity index (χ0v) is 12.4. The van der Waals surface area contributed by atoms with Crippen LogP contribution in [0.3, 0.4) is 0 Å². The number of fused-ring (bicyclic) bond motifs is 2. The SMILES string of the molecule is CCc1nn(C)c(CC2(O)CCN3CCC2C3)c1Cl. The summed E-state index contributed by atoms with van der Waals surface area (Å²) < 4.78 is 1.85. The summed E-state index contributed by atoms with van der Waals surface area (Å²) >= 11 is 6.41. The van der Waals surface area contributed by atoms with Gasteiger partial charge in [-0.25, -0.2) is 0 Å². The van der Waals surface area contributed by atoms with Crippen LogP contribution in [0, 0.1) is 5.92 Å². The van der Waals surface area contributed by atoms with E-state index in [0.29, 0.717) is 12.3 Å². The van der Waals surface area contributed by atoms with Gasteiger partial charge in [0.05, 0.1) is 22.0 Å². The monoisotopic (exact) mass is 283 g/mol. The standard InChI is InChI=1S/C14H22ClN3O/c1-3-11-13(15)12(17(2)16-11)8-14(19)5-7-18-6-4-10(14)9-18/h10,19H,3-9H2,1-2H3. The zero-order chi connectivity index (χ0) is 13.6. The van der Waals surface area contributed by atoms with Gasteiger partial charge in [-0.3, -0.25) is 4.68 Å². The molecule has 0 aliphatic carbocycles. The van der Waals surface area contributed by atoms with E-state index in [2.05, 4.69) is 16.9 Å². The van der Waals surface area contributed by atoms with Gasteiger partial charge in [-0.15, -0.1) is 0 Å². The predicted octanol–water partition coefficient (Wildman–Crippen LogP) is 1.64. The number of nitrogens with zero attached hydrogens (tertiary/aromatic N) is 3. The topological polar surface area (TPSA) is 41.3 Å². The van der Waals surface area contributed by atoms with Crippen LogP contribution in [0.15, 0.2) is 0 Å². The van der Waals surface area contributed by atoms with Crippen molar-refractivity contribution < 1.29 is 5.11 Å². The summed E-state index contributed by atoms with van der Waals surface area (Å²) in [5.41, 5.74) is 1.32. The lowest BCUT2D eigenvalue weighted by atomic mass is 9.79. The normalized spacial score (nSPS) is 33.9. The predicted molar refractivity (Wildman–Crippen MR) is 75.4 cm³/mol. The highest BCUT2D eigenvalue weighted by Gasteiger charge is 2.45.